The molecule has 1 fully saturated rings. The molecule has 0 aliphatic carbocycles. The summed E-state index contributed by atoms with van der Waals surface area (Å²) < 4.78 is 5.47. The number of rotatable bonds is 2. The Morgan fingerprint density at radius 3 is 2.38 bits per heavy atom. The third kappa shape index (κ3) is 4.15. The van der Waals surface area contributed by atoms with Crippen LogP contribution in [0.4, 0.5) is 10.6 Å². The number of pyridine rings is 1. The molecule has 1 saturated heterocycles. The van der Waals surface area contributed by atoms with Crippen LogP contribution < -0.4 is 4.90 Å². The Morgan fingerprint density at radius 2 is 1.88 bits per heavy atom. The largest absolute Gasteiger partial charge is 0.478 e. The molecule has 1 N–H and O–H groups in total. The summed E-state index contributed by atoms with van der Waals surface area (Å²) in [5.41, 5.74) is -0.363. The van der Waals surface area contributed by atoms with Crippen molar-refractivity contribution in [1.82, 2.24) is 9.88 Å². The number of amides is 1. The van der Waals surface area contributed by atoms with Crippen molar-refractivity contribution < 1.29 is 19.4 Å². The molecule has 1 amide bonds. The van der Waals surface area contributed by atoms with Crippen molar-refractivity contribution >= 4 is 17.9 Å². The number of anilines is 1. The molecule has 24 heavy (non-hydrogen) atoms. The minimum atomic E-state index is -0.995. The molecule has 1 aromatic rings. The van der Waals surface area contributed by atoms with E-state index < -0.39 is 11.6 Å². The van der Waals surface area contributed by atoms with E-state index in [0.717, 1.165) is 0 Å². The number of carboxylic acid groups (broad SMARTS) is 1. The molecule has 0 unspecified atom stereocenters. The van der Waals surface area contributed by atoms with Gasteiger partial charge in [0.15, 0.2) is 0 Å². The van der Waals surface area contributed by atoms with Crippen LogP contribution in [0, 0.1) is 0 Å². The molecule has 132 valence electrons. The summed E-state index contributed by atoms with van der Waals surface area (Å²) in [5, 5.41) is 8.96. The third-order valence-electron chi connectivity index (χ3n) is 3.90. The van der Waals surface area contributed by atoms with Gasteiger partial charge in [-0.2, -0.15) is 0 Å². The summed E-state index contributed by atoms with van der Waals surface area (Å²) in [6.45, 7) is 10.7. The highest BCUT2D eigenvalue weighted by Crippen LogP contribution is 2.23. The van der Waals surface area contributed by atoms with Crippen LogP contribution >= 0.6 is 0 Å². The van der Waals surface area contributed by atoms with Gasteiger partial charge >= 0.3 is 12.1 Å². The van der Waals surface area contributed by atoms with Crippen LogP contribution in [0.2, 0.25) is 0 Å². The number of carbonyl (C=O) groups is 2. The Hall–Kier alpha value is -2.31. The summed E-state index contributed by atoms with van der Waals surface area (Å²) in [4.78, 5) is 31.3. The Morgan fingerprint density at radius 1 is 1.21 bits per heavy atom. The maximum absolute atomic E-state index is 12.3. The van der Waals surface area contributed by atoms with Crippen LogP contribution in [0.15, 0.2) is 18.3 Å². The van der Waals surface area contributed by atoms with Gasteiger partial charge in [0.05, 0.1) is 5.56 Å². The van der Waals surface area contributed by atoms with Gasteiger partial charge in [-0.3, -0.25) is 0 Å². The van der Waals surface area contributed by atoms with E-state index in [9.17, 15) is 9.59 Å². The van der Waals surface area contributed by atoms with E-state index >= 15 is 0 Å². The van der Waals surface area contributed by atoms with Crippen LogP contribution in [-0.4, -0.2) is 57.8 Å². The molecule has 7 heteroatoms. The molecule has 2 rings (SSSR count). The maximum Gasteiger partial charge on any atom is 0.410 e. The first-order valence-electron chi connectivity index (χ1n) is 8.04. The Labute approximate surface area is 142 Å². The van der Waals surface area contributed by atoms with Gasteiger partial charge in [-0.25, -0.2) is 14.6 Å². The molecular weight excluding hydrogens is 310 g/mol. The number of piperazine rings is 1. The van der Waals surface area contributed by atoms with Gasteiger partial charge in [-0.1, -0.05) is 0 Å². The quantitative estimate of drug-likeness (QED) is 0.894. The van der Waals surface area contributed by atoms with Crippen LogP contribution in [0.3, 0.4) is 0 Å². The molecule has 0 saturated carbocycles. The average molecular weight is 335 g/mol. The minimum absolute atomic E-state index is 0.0306. The Balaban J connectivity index is 2.10. The van der Waals surface area contributed by atoms with Crippen molar-refractivity contribution in [3.8, 4) is 0 Å². The topological polar surface area (TPSA) is 83.0 Å². The fourth-order valence-corrected chi connectivity index (χ4v) is 2.70. The lowest BCUT2D eigenvalue weighted by Crippen LogP contribution is -2.59. The van der Waals surface area contributed by atoms with Gasteiger partial charge in [0.1, 0.15) is 11.4 Å². The van der Waals surface area contributed by atoms with Crippen molar-refractivity contribution in [2.75, 3.05) is 18.0 Å². The number of aromatic nitrogens is 1. The molecule has 2 atom stereocenters. The van der Waals surface area contributed by atoms with Gasteiger partial charge in [0, 0.05) is 31.4 Å². The lowest BCUT2D eigenvalue weighted by Gasteiger charge is -2.44. The van der Waals surface area contributed by atoms with Crippen molar-refractivity contribution in [3.63, 3.8) is 0 Å². The number of hydrogen-bond acceptors (Lipinski definition) is 5. The van der Waals surface area contributed by atoms with Crippen molar-refractivity contribution in [2.24, 2.45) is 0 Å². The summed E-state index contributed by atoms with van der Waals surface area (Å²) in [5.74, 6) is -0.284. The standard InChI is InChI=1S/C17H25N3O4/c1-11-10-20(16(23)24-17(3,4)5)12(2)9-19(11)14-7-6-13(8-18-14)15(21)22/h6-8,11-12H,9-10H2,1-5H3,(H,21,22)/t11-,12+/m1/s1. The number of ether oxygens (including phenoxy) is 1. The van der Waals surface area contributed by atoms with Gasteiger partial charge in [-0.15, -0.1) is 0 Å². The zero-order valence-electron chi connectivity index (χ0n) is 14.8. The molecule has 1 aromatic heterocycles. The molecule has 1 aliphatic rings. The molecule has 1 aliphatic heterocycles. The van der Waals surface area contributed by atoms with E-state index in [1.807, 2.05) is 34.6 Å². The molecule has 0 radical (unpaired) electrons. The number of hydrogen-bond donors (Lipinski definition) is 1. The lowest BCUT2D eigenvalue weighted by molar-refractivity contribution is 0.0129. The zero-order chi connectivity index (χ0) is 18.1. The first kappa shape index (κ1) is 18.0. The molecular formula is C17H25N3O4. The monoisotopic (exact) mass is 335 g/mol. The normalized spacial score (nSPS) is 21.5. The SMILES string of the molecule is C[C@@H]1CN(C(=O)OC(C)(C)C)[C@@H](C)CN1c1ccc(C(=O)O)cn1. The van der Waals surface area contributed by atoms with Gasteiger partial charge in [-0.05, 0) is 46.8 Å². The number of aromatic carboxylic acids is 1. The van der Waals surface area contributed by atoms with E-state index in [2.05, 4.69) is 9.88 Å². The first-order chi connectivity index (χ1) is 11.1. The zero-order valence-corrected chi connectivity index (χ0v) is 14.8. The summed E-state index contributed by atoms with van der Waals surface area (Å²) >= 11 is 0. The predicted molar refractivity (Wildman–Crippen MR) is 90.4 cm³/mol. The summed E-state index contributed by atoms with van der Waals surface area (Å²) in [7, 11) is 0. The van der Waals surface area contributed by atoms with Crippen LogP contribution in [0.5, 0.6) is 0 Å². The Bertz CT molecular complexity index is 609. The predicted octanol–water partition coefficient (Wildman–Crippen LogP) is 2.61. The van der Waals surface area contributed by atoms with E-state index in [4.69, 9.17) is 9.84 Å². The van der Waals surface area contributed by atoms with Gasteiger partial charge in [0.2, 0.25) is 0 Å². The van der Waals surface area contributed by atoms with Crippen molar-refractivity contribution in [2.45, 2.75) is 52.3 Å². The number of nitrogens with zero attached hydrogens (tertiary/aromatic N) is 3. The second kappa shape index (κ2) is 6.67. The highest BCUT2D eigenvalue weighted by atomic mass is 16.6. The third-order valence-corrected chi connectivity index (χ3v) is 3.90. The summed E-state index contributed by atoms with van der Waals surface area (Å²) in [6.07, 6.45) is 1.05. The van der Waals surface area contributed by atoms with Gasteiger partial charge < -0.3 is 19.6 Å². The molecule has 0 bridgehead atoms. The second-order valence-corrected chi connectivity index (χ2v) is 7.19. The van der Waals surface area contributed by atoms with E-state index in [1.165, 1.54) is 6.20 Å². The van der Waals surface area contributed by atoms with Crippen LogP contribution in [0.1, 0.15) is 45.0 Å². The average Bonchev–Trinajstić information content (AvgIpc) is 2.47. The minimum Gasteiger partial charge on any atom is -0.478 e. The number of carboxylic acids is 1. The smallest absolute Gasteiger partial charge is 0.410 e. The first-order valence-corrected chi connectivity index (χ1v) is 8.04. The van der Waals surface area contributed by atoms with Crippen LogP contribution in [0.25, 0.3) is 0 Å². The van der Waals surface area contributed by atoms with E-state index in [0.29, 0.717) is 18.9 Å². The van der Waals surface area contributed by atoms with Gasteiger partial charge in [0.25, 0.3) is 0 Å². The van der Waals surface area contributed by atoms with E-state index in [1.54, 1.807) is 17.0 Å². The lowest BCUT2D eigenvalue weighted by atomic mass is 10.1. The molecule has 0 aromatic carbocycles. The van der Waals surface area contributed by atoms with Crippen LogP contribution in [-0.2, 0) is 4.74 Å². The molecule has 0 spiro atoms. The second-order valence-electron chi connectivity index (χ2n) is 7.19. The van der Waals surface area contributed by atoms with Crippen molar-refractivity contribution in [1.29, 1.82) is 0 Å². The molecule has 7 nitrogen and oxygen atoms in total. The number of carbonyl (C=O) groups excluding carboxylic acids is 1. The molecule has 2 heterocycles. The fourth-order valence-electron chi connectivity index (χ4n) is 2.70. The highest BCUT2D eigenvalue weighted by Gasteiger charge is 2.34. The highest BCUT2D eigenvalue weighted by molar-refractivity contribution is 5.87. The van der Waals surface area contributed by atoms with Crippen molar-refractivity contribution in [3.05, 3.63) is 23.9 Å². The summed E-state index contributed by atoms with van der Waals surface area (Å²) in [6, 6.07) is 3.27. The maximum atomic E-state index is 12.3. The fraction of sp³-hybridized carbons (Fsp3) is 0.588. The van der Waals surface area contributed by atoms with E-state index in [-0.39, 0.29) is 23.7 Å². The Kier molecular flexibility index (Phi) is 5.01.